The molecule has 92 valence electrons. The largest absolute Gasteiger partial charge is 0.480 e. The first-order chi connectivity index (χ1) is 7.57. The van der Waals surface area contributed by atoms with E-state index in [1.165, 1.54) is 0 Å². The van der Waals surface area contributed by atoms with Gasteiger partial charge in [-0.1, -0.05) is 20.3 Å². The molecule has 0 aliphatic carbocycles. The molecule has 16 heavy (non-hydrogen) atoms. The van der Waals surface area contributed by atoms with Crippen LogP contribution < -0.4 is 0 Å². The van der Waals surface area contributed by atoms with Gasteiger partial charge >= 0.3 is 5.97 Å². The minimum absolute atomic E-state index is 0.00829. The molecule has 1 aliphatic heterocycles. The molecule has 1 amide bonds. The van der Waals surface area contributed by atoms with E-state index >= 15 is 0 Å². The van der Waals surface area contributed by atoms with Crippen molar-refractivity contribution in [3.05, 3.63) is 0 Å². The summed E-state index contributed by atoms with van der Waals surface area (Å²) in [5.41, 5.74) is 0. The van der Waals surface area contributed by atoms with Crippen molar-refractivity contribution < 1.29 is 14.7 Å². The molecule has 4 nitrogen and oxygen atoms in total. The SMILES string of the molecule is CCCC(C)C(=O)N1CCCCC1C(=O)O. The zero-order valence-electron chi connectivity index (χ0n) is 10.1. The van der Waals surface area contributed by atoms with E-state index in [2.05, 4.69) is 0 Å². The van der Waals surface area contributed by atoms with Crippen molar-refractivity contribution in [1.82, 2.24) is 4.90 Å². The lowest BCUT2D eigenvalue weighted by atomic mass is 9.98. The molecular weight excluding hydrogens is 206 g/mol. The Morgan fingerprint density at radius 2 is 2.12 bits per heavy atom. The fourth-order valence-electron chi connectivity index (χ4n) is 2.29. The van der Waals surface area contributed by atoms with E-state index in [1.807, 2.05) is 13.8 Å². The first kappa shape index (κ1) is 13.0. The maximum absolute atomic E-state index is 12.1. The number of hydrogen-bond acceptors (Lipinski definition) is 2. The van der Waals surface area contributed by atoms with Crippen LogP contribution in [0.15, 0.2) is 0 Å². The minimum Gasteiger partial charge on any atom is -0.480 e. The minimum atomic E-state index is -0.864. The number of carboxylic acids is 1. The molecule has 2 atom stereocenters. The Balaban J connectivity index is 2.67. The summed E-state index contributed by atoms with van der Waals surface area (Å²) in [7, 11) is 0. The number of rotatable bonds is 4. The summed E-state index contributed by atoms with van der Waals surface area (Å²) in [5, 5.41) is 9.08. The van der Waals surface area contributed by atoms with E-state index in [0.29, 0.717) is 13.0 Å². The summed E-state index contributed by atoms with van der Waals surface area (Å²) < 4.78 is 0. The van der Waals surface area contributed by atoms with Crippen LogP contribution in [0.3, 0.4) is 0 Å². The van der Waals surface area contributed by atoms with Crippen molar-refractivity contribution in [3.8, 4) is 0 Å². The molecule has 0 saturated carbocycles. The van der Waals surface area contributed by atoms with E-state index in [1.54, 1.807) is 4.90 Å². The number of likely N-dealkylation sites (tertiary alicyclic amines) is 1. The van der Waals surface area contributed by atoms with Crippen LogP contribution in [0.25, 0.3) is 0 Å². The molecule has 1 heterocycles. The van der Waals surface area contributed by atoms with E-state index < -0.39 is 12.0 Å². The first-order valence-corrected chi connectivity index (χ1v) is 6.11. The van der Waals surface area contributed by atoms with Crippen molar-refractivity contribution in [1.29, 1.82) is 0 Å². The van der Waals surface area contributed by atoms with Crippen LogP contribution in [0.2, 0.25) is 0 Å². The van der Waals surface area contributed by atoms with Gasteiger partial charge in [0.2, 0.25) is 5.91 Å². The lowest BCUT2D eigenvalue weighted by molar-refractivity contribution is -0.153. The van der Waals surface area contributed by atoms with Gasteiger partial charge in [-0.25, -0.2) is 4.79 Å². The summed E-state index contributed by atoms with van der Waals surface area (Å²) in [6.45, 7) is 4.53. The summed E-state index contributed by atoms with van der Waals surface area (Å²) >= 11 is 0. The molecule has 0 aromatic carbocycles. The van der Waals surface area contributed by atoms with E-state index in [-0.39, 0.29) is 11.8 Å². The van der Waals surface area contributed by atoms with Gasteiger partial charge in [-0.15, -0.1) is 0 Å². The Morgan fingerprint density at radius 3 is 2.69 bits per heavy atom. The van der Waals surface area contributed by atoms with E-state index in [9.17, 15) is 9.59 Å². The van der Waals surface area contributed by atoms with Crippen molar-refractivity contribution in [2.45, 2.75) is 52.0 Å². The van der Waals surface area contributed by atoms with Gasteiger partial charge in [0.05, 0.1) is 0 Å². The monoisotopic (exact) mass is 227 g/mol. The van der Waals surface area contributed by atoms with Crippen LogP contribution >= 0.6 is 0 Å². The molecule has 0 spiro atoms. The van der Waals surface area contributed by atoms with Gasteiger partial charge in [0.25, 0.3) is 0 Å². The van der Waals surface area contributed by atoms with Gasteiger partial charge in [0.15, 0.2) is 0 Å². The van der Waals surface area contributed by atoms with Gasteiger partial charge in [0.1, 0.15) is 6.04 Å². The molecule has 0 bridgehead atoms. The Bertz CT molecular complexity index is 265. The van der Waals surface area contributed by atoms with Crippen LogP contribution in [0.1, 0.15) is 46.0 Å². The molecule has 0 aromatic rings. The zero-order valence-corrected chi connectivity index (χ0v) is 10.1. The number of carbonyl (C=O) groups is 2. The third-order valence-corrected chi connectivity index (χ3v) is 3.21. The van der Waals surface area contributed by atoms with Gasteiger partial charge in [-0.05, 0) is 25.7 Å². The highest BCUT2D eigenvalue weighted by atomic mass is 16.4. The predicted molar refractivity (Wildman–Crippen MR) is 61.1 cm³/mol. The number of carboxylic acid groups (broad SMARTS) is 1. The zero-order chi connectivity index (χ0) is 12.1. The number of amides is 1. The highest BCUT2D eigenvalue weighted by Gasteiger charge is 2.33. The maximum atomic E-state index is 12.1. The van der Waals surface area contributed by atoms with Crippen LogP contribution in [0.5, 0.6) is 0 Å². The summed E-state index contributed by atoms with van der Waals surface area (Å²) in [4.78, 5) is 24.7. The quantitative estimate of drug-likeness (QED) is 0.797. The standard InChI is InChI=1S/C12H21NO3/c1-3-6-9(2)11(14)13-8-5-4-7-10(13)12(15)16/h9-10H,3-8H2,1-2H3,(H,15,16). The van der Waals surface area contributed by atoms with Gasteiger partial charge < -0.3 is 10.0 Å². The lowest BCUT2D eigenvalue weighted by Crippen LogP contribution is -2.49. The summed E-state index contributed by atoms with van der Waals surface area (Å²) in [6, 6.07) is -0.597. The predicted octanol–water partition coefficient (Wildman–Crippen LogP) is 1.89. The molecule has 1 fully saturated rings. The number of carbonyl (C=O) groups excluding carboxylic acids is 1. The highest BCUT2D eigenvalue weighted by molar-refractivity contribution is 5.85. The normalized spacial score (nSPS) is 22.9. The average Bonchev–Trinajstić information content (AvgIpc) is 2.28. The Hall–Kier alpha value is -1.06. The molecule has 0 radical (unpaired) electrons. The fourth-order valence-corrected chi connectivity index (χ4v) is 2.29. The van der Waals surface area contributed by atoms with Crippen LogP contribution in [-0.2, 0) is 9.59 Å². The average molecular weight is 227 g/mol. The van der Waals surface area contributed by atoms with Gasteiger partial charge in [-0.2, -0.15) is 0 Å². The Kier molecular flexibility index (Phi) is 4.77. The third kappa shape index (κ3) is 2.97. The Morgan fingerprint density at radius 1 is 1.44 bits per heavy atom. The molecule has 0 aromatic heterocycles. The number of aliphatic carboxylic acids is 1. The van der Waals surface area contributed by atoms with Crippen LogP contribution in [0, 0.1) is 5.92 Å². The fraction of sp³-hybridized carbons (Fsp3) is 0.833. The Labute approximate surface area is 96.6 Å². The second-order valence-electron chi connectivity index (χ2n) is 4.57. The van der Waals surface area contributed by atoms with Crippen molar-refractivity contribution >= 4 is 11.9 Å². The van der Waals surface area contributed by atoms with Gasteiger partial charge in [-0.3, -0.25) is 4.79 Å². The van der Waals surface area contributed by atoms with Crippen LogP contribution in [-0.4, -0.2) is 34.5 Å². The van der Waals surface area contributed by atoms with Crippen molar-refractivity contribution in [2.24, 2.45) is 5.92 Å². The number of hydrogen-bond donors (Lipinski definition) is 1. The van der Waals surface area contributed by atoms with Crippen molar-refractivity contribution in [3.63, 3.8) is 0 Å². The molecular formula is C12H21NO3. The summed E-state index contributed by atoms with van der Waals surface area (Å²) in [5.74, 6) is -0.907. The topological polar surface area (TPSA) is 57.6 Å². The molecule has 4 heteroatoms. The third-order valence-electron chi connectivity index (χ3n) is 3.21. The van der Waals surface area contributed by atoms with E-state index in [4.69, 9.17) is 5.11 Å². The molecule has 2 unspecified atom stereocenters. The smallest absolute Gasteiger partial charge is 0.326 e. The first-order valence-electron chi connectivity index (χ1n) is 6.11. The van der Waals surface area contributed by atoms with E-state index in [0.717, 1.165) is 25.7 Å². The molecule has 1 saturated heterocycles. The second-order valence-corrected chi connectivity index (χ2v) is 4.57. The van der Waals surface area contributed by atoms with Crippen LogP contribution in [0.4, 0.5) is 0 Å². The molecule has 1 aliphatic rings. The lowest BCUT2D eigenvalue weighted by Gasteiger charge is -2.34. The second kappa shape index (κ2) is 5.87. The number of nitrogens with zero attached hydrogens (tertiary/aromatic N) is 1. The summed E-state index contributed by atoms with van der Waals surface area (Å²) in [6.07, 6.45) is 4.22. The van der Waals surface area contributed by atoms with Crippen molar-refractivity contribution in [2.75, 3.05) is 6.54 Å². The molecule has 1 N–H and O–H groups in total. The molecule has 1 rings (SSSR count). The van der Waals surface area contributed by atoms with Gasteiger partial charge in [0, 0.05) is 12.5 Å². The highest BCUT2D eigenvalue weighted by Crippen LogP contribution is 2.21. The maximum Gasteiger partial charge on any atom is 0.326 e. The number of piperidine rings is 1.